The van der Waals surface area contributed by atoms with E-state index in [0.717, 1.165) is 15.1 Å². The molecule has 2 aromatic carbocycles. The van der Waals surface area contributed by atoms with Crippen molar-refractivity contribution in [3.8, 4) is 0 Å². The molecular formula is C15H13BrClNOS. The minimum atomic E-state index is -0.191. The monoisotopic (exact) mass is 369 g/mol. The predicted molar refractivity (Wildman–Crippen MR) is 89.5 cm³/mol. The molecule has 1 amide bonds. The molecule has 0 radical (unpaired) electrons. The van der Waals surface area contributed by atoms with Crippen LogP contribution in [0.2, 0.25) is 5.02 Å². The standard InChI is InChI=1S/C15H13BrClNOS/c1-10(20-12-8-6-11(17)7-9-12)15(19)18-14-5-3-2-4-13(14)16/h2-10H,1H3,(H,18,19). The molecule has 0 aliphatic rings. The van der Waals surface area contributed by atoms with Crippen molar-refractivity contribution < 1.29 is 4.79 Å². The molecule has 1 N–H and O–H groups in total. The molecule has 0 aromatic heterocycles. The third-order valence-corrected chi connectivity index (χ3v) is 4.68. The van der Waals surface area contributed by atoms with Crippen molar-refractivity contribution in [3.63, 3.8) is 0 Å². The molecule has 0 fully saturated rings. The number of halogens is 2. The number of hydrogen-bond donors (Lipinski definition) is 1. The van der Waals surface area contributed by atoms with Gasteiger partial charge in [0.1, 0.15) is 0 Å². The average Bonchev–Trinajstić information content (AvgIpc) is 2.44. The van der Waals surface area contributed by atoms with Crippen LogP contribution in [0.25, 0.3) is 0 Å². The predicted octanol–water partition coefficient (Wildman–Crippen LogP) is 5.22. The summed E-state index contributed by atoms with van der Waals surface area (Å²) in [7, 11) is 0. The summed E-state index contributed by atoms with van der Waals surface area (Å²) in [5.74, 6) is -0.0307. The minimum absolute atomic E-state index is 0.0307. The Morgan fingerprint density at radius 2 is 1.85 bits per heavy atom. The first-order valence-corrected chi connectivity index (χ1v) is 8.09. The van der Waals surface area contributed by atoms with Crippen LogP contribution in [-0.4, -0.2) is 11.2 Å². The minimum Gasteiger partial charge on any atom is -0.324 e. The van der Waals surface area contributed by atoms with Crippen molar-refractivity contribution in [3.05, 3.63) is 58.0 Å². The molecule has 2 rings (SSSR count). The summed E-state index contributed by atoms with van der Waals surface area (Å²) >= 11 is 10.8. The number of carbonyl (C=O) groups excluding carboxylic acids is 1. The third kappa shape index (κ3) is 4.27. The Labute approximate surface area is 136 Å². The fourth-order valence-electron chi connectivity index (χ4n) is 1.57. The van der Waals surface area contributed by atoms with Gasteiger partial charge in [-0.05, 0) is 59.3 Å². The van der Waals surface area contributed by atoms with E-state index in [1.165, 1.54) is 11.8 Å². The summed E-state index contributed by atoms with van der Waals surface area (Å²) in [5, 5.41) is 3.41. The maximum absolute atomic E-state index is 12.2. The lowest BCUT2D eigenvalue weighted by atomic mass is 10.3. The molecule has 0 bridgehead atoms. The molecular weight excluding hydrogens is 358 g/mol. The highest BCUT2D eigenvalue weighted by molar-refractivity contribution is 9.10. The zero-order valence-electron chi connectivity index (χ0n) is 10.8. The van der Waals surface area contributed by atoms with E-state index in [1.807, 2.05) is 55.5 Å². The first-order valence-electron chi connectivity index (χ1n) is 6.04. The van der Waals surface area contributed by atoms with Gasteiger partial charge in [0, 0.05) is 14.4 Å². The topological polar surface area (TPSA) is 29.1 Å². The zero-order chi connectivity index (χ0) is 14.5. The highest BCUT2D eigenvalue weighted by Crippen LogP contribution is 2.27. The lowest BCUT2D eigenvalue weighted by molar-refractivity contribution is -0.115. The first-order chi connectivity index (χ1) is 9.56. The van der Waals surface area contributed by atoms with Gasteiger partial charge in [-0.1, -0.05) is 23.7 Å². The Balaban J connectivity index is 1.99. The maximum Gasteiger partial charge on any atom is 0.237 e. The van der Waals surface area contributed by atoms with Gasteiger partial charge in [0.25, 0.3) is 0 Å². The van der Waals surface area contributed by atoms with Crippen molar-refractivity contribution in [2.45, 2.75) is 17.1 Å². The van der Waals surface area contributed by atoms with E-state index >= 15 is 0 Å². The molecule has 0 spiro atoms. The van der Waals surface area contributed by atoms with Crippen molar-refractivity contribution in [1.82, 2.24) is 0 Å². The van der Waals surface area contributed by atoms with Crippen LogP contribution in [0.15, 0.2) is 57.9 Å². The summed E-state index contributed by atoms with van der Waals surface area (Å²) in [6, 6.07) is 15.0. The van der Waals surface area contributed by atoms with Crippen LogP contribution in [-0.2, 0) is 4.79 Å². The molecule has 2 aromatic rings. The molecule has 0 saturated carbocycles. The molecule has 0 saturated heterocycles. The third-order valence-electron chi connectivity index (χ3n) is 2.63. The van der Waals surface area contributed by atoms with E-state index in [2.05, 4.69) is 21.2 Å². The number of rotatable bonds is 4. The molecule has 5 heteroatoms. The van der Waals surface area contributed by atoms with Crippen LogP contribution < -0.4 is 5.32 Å². The highest BCUT2D eigenvalue weighted by Gasteiger charge is 2.15. The fraction of sp³-hybridized carbons (Fsp3) is 0.133. The molecule has 1 unspecified atom stereocenters. The number of hydrogen-bond acceptors (Lipinski definition) is 2. The number of anilines is 1. The summed E-state index contributed by atoms with van der Waals surface area (Å²) in [5.41, 5.74) is 0.779. The van der Waals surface area contributed by atoms with Gasteiger partial charge in [-0.2, -0.15) is 0 Å². The molecule has 1 atom stereocenters. The van der Waals surface area contributed by atoms with Gasteiger partial charge in [-0.3, -0.25) is 4.79 Å². The van der Waals surface area contributed by atoms with Gasteiger partial charge in [0.2, 0.25) is 5.91 Å². The summed E-state index contributed by atoms with van der Waals surface area (Å²) in [4.78, 5) is 13.2. The van der Waals surface area contributed by atoms with Gasteiger partial charge in [-0.25, -0.2) is 0 Å². The Morgan fingerprint density at radius 1 is 1.20 bits per heavy atom. The molecule has 20 heavy (non-hydrogen) atoms. The number of amides is 1. The quantitative estimate of drug-likeness (QED) is 0.747. The lowest BCUT2D eigenvalue weighted by Gasteiger charge is -2.13. The van der Waals surface area contributed by atoms with E-state index in [0.29, 0.717) is 5.02 Å². The Bertz CT molecular complexity index is 603. The van der Waals surface area contributed by atoms with Crippen LogP contribution in [0, 0.1) is 0 Å². The van der Waals surface area contributed by atoms with Crippen LogP contribution in [0.1, 0.15) is 6.92 Å². The largest absolute Gasteiger partial charge is 0.324 e. The van der Waals surface area contributed by atoms with Crippen molar-refractivity contribution in [2.75, 3.05) is 5.32 Å². The molecule has 2 nitrogen and oxygen atoms in total. The van der Waals surface area contributed by atoms with Gasteiger partial charge in [0.15, 0.2) is 0 Å². The summed E-state index contributed by atoms with van der Waals surface area (Å²) < 4.78 is 0.872. The van der Waals surface area contributed by atoms with Gasteiger partial charge >= 0.3 is 0 Å². The van der Waals surface area contributed by atoms with Crippen molar-refractivity contribution in [2.24, 2.45) is 0 Å². The SMILES string of the molecule is CC(Sc1ccc(Cl)cc1)C(=O)Nc1ccccc1Br. The molecule has 0 aliphatic heterocycles. The molecule has 104 valence electrons. The average molecular weight is 371 g/mol. The van der Waals surface area contributed by atoms with E-state index in [1.54, 1.807) is 0 Å². The number of carbonyl (C=O) groups is 1. The van der Waals surface area contributed by atoms with E-state index < -0.39 is 0 Å². The van der Waals surface area contributed by atoms with Crippen LogP contribution >= 0.6 is 39.3 Å². The van der Waals surface area contributed by atoms with Crippen LogP contribution in [0.5, 0.6) is 0 Å². The lowest BCUT2D eigenvalue weighted by Crippen LogP contribution is -2.22. The highest BCUT2D eigenvalue weighted by atomic mass is 79.9. The number of nitrogens with one attached hydrogen (secondary N) is 1. The van der Waals surface area contributed by atoms with Gasteiger partial charge in [0.05, 0.1) is 10.9 Å². The summed E-state index contributed by atoms with van der Waals surface area (Å²) in [6.07, 6.45) is 0. The fourth-order valence-corrected chi connectivity index (χ4v) is 2.95. The number of thioether (sulfide) groups is 1. The van der Waals surface area contributed by atoms with Crippen LogP contribution in [0.4, 0.5) is 5.69 Å². The Hall–Kier alpha value is -0.970. The maximum atomic E-state index is 12.2. The second kappa shape index (κ2) is 7.16. The Morgan fingerprint density at radius 3 is 2.50 bits per heavy atom. The van der Waals surface area contributed by atoms with Gasteiger partial charge in [-0.15, -0.1) is 11.8 Å². The van der Waals surface area contributed by atoms with Crippen molar-refractivity contribution >= 4 is 50.9 Å². The Kier molecular flexibility index (Phi) is 5.52. The van der Waals surface area contributed by atoms with E-state index in [4.69, 9.17) is 11.6 Å². The molecule has 0 heterocycles. The summed E-state index contributed by atoms with van der Waals surface area (Å²) in [6.45, 7) is 1.88. The molecule has 0 aliphatic carbocycles. The van der Waals surface area contributed by atoms with E-state index in [9.17, 15) is 4.79 Å². The normalized spacial score (nSPS) is 11.9. The van der Waals surface area contributed by atoms with Crippen LogP contribution in [0.3, 0.4) is 0 Å². The smallest absolute Gasteiger partial charge is 0.237 e. The second-order valence-corrected chi connectivity index (χ2v) is 6.89. The van der Waals surface area contributed by atoms with Gasteiger partial charge < -0.3 is 5.32 Å². The van der Waals surface area contributed by atoms with E-state index in [-0.39, 0.29) is 11.2 Å². The zero-order valence-corrected chi connectivity index (χ0v) is 13.9. The number of benzene rings is 2. The number of para-hydroxylation sites is 1. The van der Waals surface area contributed by atoms with Crippen molar-refractivity contribution in [1.29, 1.82) is 0 Å². The first kappa shape index (κ1) is 15.4. The second-order valence-electron chi connectivity index (χ2n) is 4.18.